The van der Waals surface area contributed by atoms with E-state index in [1.54, 1.807) is 11.0 Å². The highest BCUT2D eigenvalue weighted by Crippen LogP contribution is 2.43. The second-order valence-electron chi connectivity index (χ2n) is 9.73. The molecule has 4 rings (SSSR count). The van der Waals surface area contributed by atoms with Crippen LogP contribution in [0.15, 0.2) is 6.07 Å². The van der Waals surface area contributed by atoms with Gasteiger partial charge in [0.25, 0.3) is 0 Å². The number of rotatable bonds is 4. The van der Waals surface area contributed by atoms with Crippen molar-refractivity contribution >= 4 is 37.8 Å². The zero-order valence-electron chi connectivity index (χ0n) is 18.4. The van der Waals surface area contributed by atoms with E-state index in [1.165, 1.54) is 0 Å². The molecule has 3 atom stereocenters. The number of anilines is 2. The number of hydrogen-bond acceptors (Lipinski definition) is 7. The van der Waals surface area contributed by atoms with Gasteiger partial charge in [0, 0.05) is 19.2 Å². The minimum atomic E-state index is -1.97. The van der Waals surface area contributed by atoms with Crippen LogP contribution < -0.4 is 9.80 Å². The number of nitrogens with zero attached hydrogens (tertiary/aromatic N) is 4. The molecule has 3 fully saturated rings. The average Bonchev–Trinajstić information content (AvgIpc) is 3.19. The molecule has 1 saturated carbocycles. The quantitative estimate of drug-likeness (QED) is 0.505. The predicted octanol–water partition coefficient (Wildman–Crippen LogP) is 3.84. The smallest absolute Gasteiger partial charge is 0.416 e. The van der Waals surface area contributed by atoms with Crippen molar-refractivity contribution in [2.24, 2.45) is 0 Å². The summed E-state index contributed by atoms with van der Waals surface area (Å²) in [5, 5.41) is 0.408. The molecule has 8 nitrogen and oxygen atoms in total. The molecule has 0 unspecified atom stereocenters. The van der Waals surface area contributed by atoms with Crippen LogP contribution in [0, 0.1) is 0 Å². The Morgan fingerprint density at radius 2 is 1.90 bits per heavy atom. The van der Waals surface area contributed by atoms with Crippen molar-refractivity contribution in [2.75, 3.05) is 36.1 Å². The topological polar surface area (TPSA) is 77.0 Å². The Hall–Kier alpha value is -1.42. The first-order valence-electron chi connectivity index (χ1n) is 10.6. The number of ether oxygens (including phenoxy) is 2. The Morgan fingerprint density at radius 1 is 1.20 bits per heavy atom. The lowest BCUT2D eigenvalue weighted by atomic mass is 10.2. The Morgan fingerprint density at radius 3 is 2.57 bits per heavy atom. The minimum Gasteiger partial charge on any atom is -0.441 e. The van der Waals surface area contributed by atoms with Gasteiger partial charge in [0.2, 0.25) is 5.95 Å². The summed E-state index contributed by atoms with van der Waals surface area (Å²) in [6.45, 7) is 13.7. The minimum absolute atomic E-state index is 0.0825. The molecule has 0 spiro atoms. The fourth-order valence-corrected chi connectivity index (χ4v) is 5.55. The molecular weight excluding hydrogens is 424 g/mol. The lowest BCUT2D eigenvalue weighted by molar-refractivity contribution is 0.0496. The van der Waals surface area contributed by atoms with E-state index >= 15 is 0 Å². The highest BCUT2D eigenvalue weighted by Gasteiger charge is 2.54. The van der Waals surface area contributed by atoms with E-state index in [4.69, 9.17) is 25.5 Å². The summed E-state index contributed by atoms with van der Waals surface area (Å²) >= 11 is 6.30. The number of carbonyl (C=O) groups is 1. The van der Waals surface area contributed by atoms with E-state index in [9.17, 15) is 4.79 Å². The number of amides is 1. The molecule has 166 valence electrons. The number of hydrogen-bond donors (Lipinski definition) is 0. The van der Waals surface area contributed by atoms with Crippen molar-refractivity contribution in [1.29, 1.82) is 0 Å². The highest BCUT2D eigenvalue weighted by atomic mass is 35.5. The van der Waals surface area contributed by atoms with Crippen LogP contribution in [0.1, 0.15) is 33.6 Å². The Bertz CT molecular complexity index is 812. The summed E-state index contributed by atoms with van der Waals surface area (Å²) in [6.07, 6.45) is 0.912. The number of aromatic nitrogens is 2. The molecule has 1 aromatic rings. The highest BCUT2D eigenvalue weighted by molar-refractivity contribution is 6.74. The standard InChI is InChI=1S/C20H31ClN4O4Si/c1-20(2,3)30(4,5)29-14-7-6-13-17(14)28-19(26)25(13)16-12-15(21)22-18(23-16)24-8-10-27-11-9-24/h12-14,17H,6-11H2,1-5H3/t13-,14-,17-/m1/s1. The Balaban J connectivity index is 1.56. The van der Waals surface area contributed by atoms with Crippen LogP contribution in [-0.4, -0.2) is 68.9 Å². The van der Waals surface area contributed by atoms with Gasteiger partial charge in [-0.15, -0.1) is 0 Å². The molecule has 30 heavy (non-hydrogen) atoms. The van der Waals surface area contributed by atoms with Crippen LogP contribution in [0.25, 0.3) is 0 Å². The first-order valence-corrected chi connectivity index (χ1v) is 13.9. The normalized spacial score (nSPS) is 27.4. The van der Waals surface area contributed by atoms with E-state index < -0.39 is 14.4 Å². The van der Waals surface area contributed by atoms with E-state index in [0.29, 0.717) is 43.2 Å². The maximum atomic E-state index is 12.8. The van der Waals surface area contributed by atoms with Gasteiger partial charge in [-0.1, -0.05) is 32.4 Å². The molecule has 1 aliphatic carbocycles. The summed E-state index contributed by atoms with van der Waals surface area (Å²) in [5.41, 5.74) is 0. The Labute approximate surface area is 184 Å². The van der Waals surface area contributed by atoms with Crippen LogP contribution >= 0.6 is 11.6 Å². The summed E-state index contributed by atoms with van der Waals surface area (Å²) in [5.74, 6) is 1.01. The molecule has 3 aliphatic rings. The molecule has 2 saturated heterocycles. The van der Waals surface area contributed by atoms with E-state index in [2.05, 4.69) is 43.8 Å². The Kier molecular flexibility index (Phi) is 5.76. The van der Waals surface area contributed by atoms with E-state index in [-0.39, 0.29) is 23.3 Å². The van der Waals surface area contributed by atoms with Crippen molar-refractivity contribution in [3.8, 4) is 0 Å². The van der Waals surface area contributed by atoms with Crippen LogP contribution in [0.4, 0.5) is 16.6 Å². The third kappa shape index (κ3) is 4.04. The molecular formula is C20H31ClN4O4Si. The van der Waals surface area contributed by atoms with Gasteiger partial charge >= 0.3 is 6.09 Å². The first-order chi connectivity index (χ1) is 14.1. The van der Waals surface area contributed by atoms with Crippen LogP contribution in [-0.2, 0) is 13.9 Å². The molecule has 0 aromatic carbocycles. The summed E-state index contributed by atoms with van der Waals surface area (Å²) < 4.78 is 17.8. The summed E-state index contributed by atoms with van der Waals surface area (Å²) in [4.78, 5) is 25.5. The van der Waals surface area contributed by atoms with E-state index in [0.717, 1.165) is 12.8 Å². The first kappa shape index (κ1) is 21.8. The van der Waals surface area contributed by atoms with Crippen molar-refractivity contribution in [3.05, 3.63) is 11.2 Å². The average molecular weight is 455 g/mol. The molecule has 3 heterocycles. The van der Waals surface area contributed by atoms with Crippen LogP contribution in [0.3, 0.4) is 0 Å². The van der Waals surface area contributed by atoms with Gasteiger partial charge in [0.15, 0.2) is 8.32 Å². The zero-order valence-corrected chi connectivity index (χ0v) is 20.1. The predicted molar refractivity (Wildman–Crippen MR) is 118 cm³/mol. The van der Waals surface area contributed by atoms with Gasteiger partial charge in [-0.2, -0.15) is 4.98 Å². The molecule has 10 heteroatoms. The SMILES string of the molecule is CC(C)(C)[Si](C)(C)O[C@@H]1CC[C@@H]2[C@H]1OC(=O)N2c1cc(Cl)nc(N2CCOCC2)n1. The lowest BCUT2D eigenvalue weighted by Gasteiger charge is -2.39. The van der Waals surface area contributed by atoms with Crippen molar-refractivity contribution in [3.63, 3.8) is 0 Å². The molecule has 0 radical (unpaired) electrons. The van der Waals surface area contributed by atoms with Gasteiger partial charge in [-0.05, 0) is 31.0 Å². The second kappa shape index (κ2) is 7.92. The summed E-state index contributed by atoms with van der Waals surface area (Å²) in [7, 11) is -1.97. The number of fused-ring (bicyclic) bond motifs is 1. The van der Waals surface area contributed by atoms with Gasteiger partial charge in [-0.3, -0.25) is 4.90 Å². The largest absolute Gasteiger partial charge is 0.441 e. The number of carbonyl (C=O) groups excluding carboxylic acids is 1. The fourth-order valence-electron chi connectivity index (χ4n) is 4.02. The zero-order chi connectivity index (χ0) is 21.7. The monoisotopic (exact) mass is 454 g/mol. The maximum Gasteiger partial charge on any atom is 0.416 e. The fraction of sp³-hybridized carbons (Fsp3) is 0.750. The van der Waals surface area contributed by atoms with Crippen molar-refractivity contribution in [2.45, 2.75) is 70.0 Å². The third-order valence-electron chi connectivity index (χ3n) is 6.72. The van der Waals surface area contributed by atoms with Crippen molar-refractivity contribution < 1.29 is 18.7 Å². The maximum absolute atomic E-state index is 12.8. The molecule has 1 amide bonds. The molecule has 2 aliphatic heterocycles. The lowest BCUT2D eigenvalue weighted by Crippen LogP contribution is -2.47. The molecule has 0 bridgehead atoms. The van der Waals surface area contributed by atoms with E-state index in [1.807, 2.05) is 4.90 Å². The third-order valence-corrected chi connectivity index (χ3v) is 11.4. The van der Waals surface area contributed by atoms with Crippen LogP contribution in [0.2, 0.25) is 23.3 Å². The van der Waals surface area contributed by atoms with Gasteiger partial charge in [-0.25, -0.2) is 9.78 Å². The van der Waals surface area contributed by atoms with Crippen LogP contribution in [0.5, 0.6) is 0 Å². The van der Waals surface area contributed by atoms with Gasteiger partial charge < -0.3 is 18.8 Å². The van der Waals surface area contributed by atoms with Gasteiger partial charge in [0.05, 0.1) is 25.4 Å². The van der Waals surface area contributed by atoms with Gasteiger partial charge in [0.1, 0.15) is 17.1 Å². The second-order valence-corrected chi connectivity index (χ2v) is 14.9. The molecule has 0 N–H and O–H groups in total. The number of morpholine rings is 1. The van der Waals surface area contributed by atoms with Crippen molar-refractivity contribution in [1.82, 2.24) is 9.97 Å². The molecule has 1 aromatic heterocycles. The summed E-state index contributed by atoms with van der Waals surface area (Å²) in [6, 6.07) is 1.53. The number of halogens is 1.